The van der Waals surface area contributed by atoms with Crippen LogP contribution in [0.15, 0.2) is 48.5 Å². The van der Waals surface area contributed by atoms with Gasteiger partial charge in [-0.2, -0.15) is 0 Å². The number of anilines is 2. The van der Waals surface area contributed by atoms with E-state index in [1.165, 1.54) is 11.1 Å². The molecule has 2 aromatic rings. The highest BCUT2D eigenvalue weighted by atomic mass is 16.8. The Labute approximate surface area is 171 Å². The molecule has 0 radical (unpaired) electrons. The van der Waals surface area contributed by atoms with Crippen LogP contribution < -0.4 is 10.6 Å². The van der Waals surface area contributed by atoms with Crippen LogP contribution in [0.2, 0.25) is 0 Å². The van der Waals surface area contributed by atoms with Gasteiger partial charge in [-0.3, -0.25) is 10.6 Å². The molecule has 2 rings (SSSR count). The Bertz CT molecular complexity index is 718. The number of carbonyl (C=O) groups is 2. The molecule has 29 heavy (non-hydrogen) atoms. The zero-order valence-electron chi connectivity index (χ0n) is 17.2. The molecule has 0 fully saturated rings. The molecule has 2 amide bonds. The van der Waals surface area contributed by atoms with Gasteiger partial charge in [-0.25, -0.2) is 9.59 Å². The fourth-order valence-corrected chi connectivity index (χ4v) is 2.43. The Balaban J connectivity index is 1.61. The maximum Gasteiger partial charge on any atom is 0.413 e. The highest BCUT2D eigenvalue weighted by molar-refractivity contribution is 5.85. The number of nitrogens with one attached hydrogen (secondary N) is 2. The zero-order valence-corrected chi connectivity index (χ0v) is 17.2. The lowest BCUT2D eigenvalue weighted by Gasteiger charge is -2.10. The van der Waals surface area contributed by atoms with Crippen molar-refractivity contribution in [2.75, 3.05) is 24.2 Å². The predicted molar refractivity (Wildman–Crippen MR) is 112 cm³/mol. The van der Waals surface area contributed by atoms with Crippen LogP contribution in [0.3, 0.4) is 0 Å². The van der Waals surface area contributed by atoms with E-state index in [4.69, 9.17) is 14.2 Å². The second-order valence-electron chi connectivity index (χ2n) is 7.11. The van der Waals surface area contributed by atoms with Crippen LogP contribution in [0.4, 0.5) is 21.0 Å². The van der Waals surface area contributed by atoms with E-state index in [0.717, 1.165) is 0 Å². The number of benzene rings is 2. The highest BCUT2D eigenvalue weighted by Crippen LogP contribution is 2.18. The molecular formula is C22H28N2O5. The van der Waals surface area contributed by atoms with E-state index in [0.29, 0.717) is 23.2 Å². The summed E-state index contributed by atoms with van der Waals surface area (Å²) in [6.07, 6.45) is -1.31. The number of carbonyl (C=O) groups excluding carboxylic acids is 2. The molecule has 0 aliphatic carbocycles. The van der Waals surface area contributed by atoms with Gasteiger partial charge in [0.25, 0.3) is 0 Å². The summed E-state index contributed by atoms with van der Waals surface area (Å²) in [7, 11) is 0. The molecule has 0 spiro atoms. The van der Waals surface area contributed by atoms with Gasteiger partial charge in [0.2, 0.25) is 0 Å². The van der Waals surface area contributed by atoms with Gasteiger partial charge < -0.3 is 14.2 Å². The minimum Gasteiger partial charge on any atom is -0.422 e. The van der Waals surface area contributed by atoms with Crippen molar-refractivity contribution in [1.82, 2.24) is 0 Å². The smallest absolute Gasteiger partial charge is 0.413 e. The molecule has 0 unspecified atom stereocenters. The second kappa shape index (κ2) is 11.1. The van der Waals surface area contributed by atoms with Crippen LogP contribution in [0.5, 0.6) is 0 Å². The third-order valence-corrected chi connectivity index (χ3v) is 4.19. The van der Waals surface area contributed by atoms with E-state index >= 15 is 0 Å². The number of ether oxygens (including phenoxy) is 3. The first-order valence-corrected chi connectivity index (χ1v) is 9.50. The van der Waals surface area contributed by atoms with Crippen molar-refractivity contribution in [3.05, 3.63) is 59.7 Å². The van der Waals surface area contributed by atoms with Gasteiger partial charge in [0, 0.05) is 11.4 Å². The maximum absolute atomic E-state index is 11.7. The second-order valence-corrected chi connectivity index (χ2v) is 7.11. The van der Waals surface area contributed by atoms with Crippen molar-refractivity contribution < 1.29 is 23.8 Å². The van der Waals surface area contributed by atoms with Crippen LogP contribution in [0, 0.1) is 0 Å². The zero-order chi connectivity index (χ0) is 21.2. The largest absolute Gasteiger partial charge is 0.422 e. The average Bonchev–Trinajstić information content (AvgIpc) is 2.68. The molecule has 0 atom stereocenters. The molecule has 0 saturated carbocycles. The van der Waals surface area contributed by atoms with E-state index in [9.17, 15) is 9.59 Å². The quantitative estimate of drug-likeness (QED) is 0.441. The van der Waals surface area contributed by atoms with Gasteiger partial charge >= 0.3 is 12.2 Å². The molecular weight excluding hydrogens is 372 g/mol. The molecule has 0 bridgehead atoms. The molecule has 2 aromatic carbocycles. The summed E-state index contributed by atoms with van der Waals surface area (Å²) in [5, 5.41) is 5.18. The summed E-state index contributed by atoms with van der Waals surface area (Å²) in [4.78, 5) is 23.4. The van der Waals surface area contributed by atoms with Crippen molar-refractivity contribution >= 4 is 23.6 Å². The van der Waals surface area contributed by atoms with Crippen LogP contribution in [0.25, 0.3) is 0 Å². The standard InChI is InChI=1S/C22H28N2O5/c1-15(2)17-5-9-19(10-6-17)23-21(25)28-13-27-14-29-22(26)24-20-11-7-18(8-12-20)16(3)4/h5-12,15-16H,13-14H2,1-4H3,(H,23,25)(H,24,26). The number of hydrogen-bond donors (Lipinski definition) is 2. The molecule has 0 aromatic heterocycles. The summed E-state index contributed by atoms with van der Waals surface area (Å²) in [5.41, 5.74) is 3.61. The van der Waals surface area contributed by atoms with E-state index in [1.54, 1.807) is 24.3 Å². The topological polar surface area (TPSA) is 85.9 Å². The maximum atomic E-state index is 11.7. The third kappa shape index (κ3) is 7.83. The fraction of sp³-hybridized carbons (Fsp3) is 0.364. The highest BCUT2D eigenvalue weighted by Gasteiger charge is 2.06. The number of rotatable bonds is 8. The average molecular weight is 400 g/mol. The molecule has 156 valence electrons. The van der Waals surface area contributed by atoms with Crippen LogP contribution >= 0.6 is 0 Å². The number of hydrogen-bond acceptors (Lipinski definition) is 5. The minimum atomic E-state index is -0.656. The SMILES string of the molecule is CC(C)c1ccc(NC(=O)OCOCOC(=O)Nc2ccc(C(C)C)cc2)cc1. The summed E-state index contributed by atoms with van der Waals surface area (Å²) in [6, 6.07) is 15.0. The van der Waals surface area contributed by atoms with E-state index in [1.807, 2.05) is 24.3 Å². The lowest BCUT2D eigenvalue weighted by atomic mass is 10.0. The lowest BCUT2D eigenvalue weighted by molar-refractivity contribution is -0.0797. The van der Waals surface area contributed by atoms with Crippen LogP contribution in [0.1, 0.15) is 50.7 Å². The number of amides is 2. The van der Waals surface area contributed by atoms with Gasteiger partial charge in [0.1, 0.15) is 0 Å². The van der Waals surface area contributed by atoms with Crippen LogP contribution in [-0.2, 0) is 14.2 Å². The fourth-order valence-electron chi connectivity index (χ4n) is 2.43. The molecule has 0 aliphatic rings. The van der Waals surface area contributed by atoms with Crippen molar-refractivity contribution in [1.29, 1.82) is 0 Å². The molecule has 0 aliphatic heterocycles. The summed E-state index contributed by atoms with van der Waals surface area (Å²) in [6.45, 7) is 7.70. The predicted octanol–water partition coefficient (Wildman–Crippen LogP) is 5.66. The molecule has 0 saturated heterocycles. The first-order chi connectivity index (χ1) is 13.8. The summed E-state index contributed by atoms with van der Waals surface area (Å²) >= 11 is 0. The summed E-state index contributed by atoms with van der Waals surface area (Å²) in [5.74, 6) is 0.835. The first kappa shape index (κ1) is 22.2. The van der Waals surface area contributed by atoms with Gasteiger partial charge in [0.15, 0.2) is 13.6 Å². The minimum absolute atomic E-state index is 0.341. The van der Waals surface area contributed by atoms with Crippen molar-refractivity contribution in [3.63, 3.8) is 0 Å². The van der Waals surface area contributed by atoms with Gasteiger partial charge in [0.05, 0.1) is 0 Å². The van der Waals surface area contributed by atoms with Crippen LogP contribution in [-0.4, -0.2) is 25.8 Å². The Hall–Kier alpha value is -3.06. The van der Waals surface area contributed by atoms with Gasteiger partial charge in [-0.15, -0.1) is 0 Å². The first-order valence-electron chi connectivity index (χ1n) is 9.50. The third-order valence-electron chi connectivity index (χ3n) is 4.19. The van der Waals surface area contributed by atoms with E-state index < -0.39 is 12.2 Å². The Morgan fingerprint density at radius 2 is 1.03 bits per heavy atom. The van der Waals surface area contributed by atoms with E-state index in [2.05, 4.69) is 38.3 Å². The van der Waals surface area contributed by atoms with Gasteiger partial charge in [-0.05, 0) is 47.2 Å². The Morgan fingerprint density at radius 3 is 1.34 bits per heavy atom. The Morgan fingerprint density at radius 1 is 0.690 bits per heavy atom. The van der Waals surface area contributed by atoms with Crippen molar-refractivity contribution in [3.8, 4) is 0 Å². The van der Waals surface area contributed by atoms with Gasteiger partial charge in [-0.1, -0.05) is 52.0 Å². The van der Waals surface area contributed by atoms with Crippen molar-refractivity contribution in [2.45, 2.75) is 39.5 Å². The Kier molecular flexibility index (Phi) is 8.48. The summed E-state index contributed by atoms with van der Waals surface area (Å²) < 4.78 is 14.7. The molecule has 7 heteroatoms. The lowest BCUT2D eigenvalue weighted by Crippen LogP contribution is -2.19. The molecule has 0 heterocycles. The van der Waals surface area contributed by atoms with Crippen molar-refractivity contribution in [2.24, 2.45) is 0 Å². The van der Waals surface area contributed by atoms with E-state index in [-0.39, 0.29) is 13.6 Å². The normalized spacial score (nSPS) is 10.7. The molecule has 2 N–H and O–H groups in total. The molecule has 7 nitrogen and oxygen atoms in total. The monoisotopic (exact) mass is 400 g/mol.